The molecule has 3 aromatic rings. The lowest BCUT2D eigenvalue weighted by atomic mass is 10.2. The van der Waals surface area contributed by atoms with Crippen LogP contribution in [0.15, 0.2) is 54.6 Å². The van der Waals surface area contributed by atoms with Gasteiger partial charge in [0.15, 0.2) is 6.10 Å². The van der Waals surface area contributed by atoms with Crippen molar-refractivity contribution in [2.75, 3.05) is 5.32 Å². The summed E-state index contributed by atoms with van der Waals surface area (Å²) in [6, 6.07) is 17.3. The smallest absolute Gasteiger partial charge is 0.266 e. The van der Waals surface area contributed by atoms with E-state index in [9.17, 15) is 4.79 Å². The van der Waals surface area contributed by atoms with Gasteiger partial charge in [0.25, 0.3) is 5.91 Å². The summed E-state index contributed by atoms with van der Waals surface area (Å²) in [7, 11) is 0. The lowest BCUT2D eigenvalue weighted by Gasteiger charge is -2.13. The molecule has 1 aromatic heterocycles. The summed E-state index contributed by atoms with van der Waals surface area (Å²) in [4.78, 5) is 12.3. The number of aryl methyl sites for hydroxylation is 1. The molecule has 24 heavy (non-hydrogen) atoms. The Labute approximate surface area is 144 Å². The Morgan fingerprint density at radius 2 is 1.92 bits per heavy atom. The van der Waals surface area contributed by atoms with Gasteiger partial charge in [0.2, 0.25) is 5.13 Å². The normalized spacial score (nSPS) is 11.8. The summed E-state index contributed by atoms with van der Waals surface area (Å²) in [5, 5.41) is 12.1. The van der Waals surface area contributed by atoms with E-state index in [1.807, 2.05) is 61.5 Å². The first-order valence-corrected chi connectivity index (χ1v) is 8.36. The fourth-order valence-electron chi connectivity index (χ4n) is 2.12. The molecule has 1 heterocycles. The highest BCUT2D eigenvalue weighted by Gasteiger charge is 2.17. The molecule has 0 unspecified atom stereocenters. The van der Waals surface area contributed by atoms with Crippen molar-refractivity contribution in [2.24, 2.45) is 0 Å². The summed E-state index contributed by atoms with van der Waals surface area (Å²) in [5.74, 6) is 0.409. The Bertz CT molecular complexity index is 833. The maximum absolute atomic E-state index is 12.3. The Kier molecular flexibility index (Phi) is 4.86. The molecule has 0 saturated carbocycles. The third kappa shape index (κ3) is 3.97. The summed E-state index contributed by atoms with van der Waals surface area (Å²) in [5.41, 5.74) is 2.05. The van der Waals surface area contributed by atoms with Crippen molar-refractivity contribution in [2.45, 2.75) is 20.0 Å². The second-order valence-corrected chi connectivity index (χ2v) is 6.32. The van der Waals surface area contributed by atoms with Crippen LogP contribution >= 0.6 is 11.3 Å². The fraction of sp³-hybridized carbons (Fsp3) is 0.167. The van der Waals surface area contributed by atoms with Crippen LogP contribution < -0.4 is 10.1 Å². The van der Waals surface area contributed by atoms with Crippen molar-refractivity contribution >= 4 is 22.4 Å². The number of aromatic nitrogens is 2. The van der Waals surface area contributed by atoms with Gasteiger partial charge >= 0.3 is 0 Å². The number of carbonyl (C=O) groups excluding carboxylic acids is 1. The van der Waals surface area contributed by atoms with Gasteiger partial charge < -0.3 is 4.74 Å². The van der Waals surface area contributed by atoms with E-state index in [2.05, 4.69) is 15.5 Å². The van der Waals surface area contributed by atoms with Gasteiger partial charge in [-0.2, -0.15) is 0 Å². The lowest BCUT2D eigenvalue weighted by molar-refractivity contribution is -0.122. The molecule has 0 aliphatic carbocycles. The Morgan fingerprint density at radius 1 is 1.12 bits per heavy atom. The molecule has 3 rings (SSSR count). The average molecular weight is 339 g/mol. The van der Waals surface area contributed by atoms with E-state index in [1.165, 1.54) is 11.3 Å². The number of benzene rings is 2. The number of rotatable bonds is 5. The van der Waals surface area contributed by atoms with Gasteiger partial charge in [-0.15, -0.1) is 10.2 Å². The van der Waals surface area contributed by atoms with Crippen LogP contribution in [0.3, 0.4) is 0 Å². The van der Waals surface area contributed by atoms with Gasteiger partial charge in [0.1, 0.15) is 10.8 Å². The summed E-state index contributed by atoms with van der Waals surface area (Å²) in [6.45, 7) is 3.68. The van der Waals surface area contributed by atoms with Crippen molar-refractivity contribution in [3.63, 3.8) is 0 Å². The fourth-order valence-corrected chi connectivity index (χ4v) is 2.88. The van der Waals surface area contributed by atoms with Crippen molar-refractivity contribution in [3.8, 4) is 16.3 Å². The minimum Gasteiger partial charge on any atom is -0.481 e. The summed E-state index contributed by atoms with van der Waals surface area (Å²) >= 11 is 1.33. The molecule has 0 bridgehead atoms. The quantitative estimate of drug-likeness (QED) is 0.765. The van der Waals surface area contributed by atoms with Gasteiger partial charge in [-0.05, 0) is 31.5 Å². The molecule has 0 fully saturated rings. The molecule has 0 saturated heterocycles. The summed E-state index contributed by atoms with van der Waals surface area (Å²) < 4.78 is 5.67. The van der Waals surface area contributed by atoms with E-state index >= 15 is 0 Å². The van der Waals surface area contributed by atoms with Crippen molar-refractivity contribution in [1.82, 2.24) is 10.2 Å². The zero-order valence-corrected chi connectivity index (χ0v) is 14.2. The largest absolute Gasteiger partial charge is 0.481 e. The second kappa shape index (κ2) is 7.23. The number of nitrogens with zero attached hydrogens (tertiary/aromatic N) is 2. The van der Waals surface area contributed by atoms with Crippen LogP contribution in [0.2, 0.25) is 0 Å². The average Bonchev–Trinajstić information content (AvgIpc) is 3.04. The molecule has 1 atom stereocenters. The predicted molar refractivity (Wildman–Crippen MR) is 95.2 cm³/mol. The number of carbonyl (C=O) groups is 1. The maximum Gasteiger partial charge on any atom is 0.266 e. The van der Waals surface area contributed by atoms with E-state index in [4.69, 9.17) is 4.74 Å². The van der Waals surface area contributed by atoms with Crippen LogP contribution in [-0.2, 0) is 4.79 Å². The minimum atomic E-state index is -0.629. The third-order valence-corrected chi connectivity index (χ3v) is 4.24. The molecular formula is C18H17N3O2S. The number of anilines is 1. The zero-order chi connectivity index (χ0) is 16.9. The van der Waals surface area contributed by atoms with Crippen LogP contribution in [0.25, 0.3) is 10.6 Å². The van der Waals surface area contributed by atoms with E-state index in [0.29, 0.717) is 10.9 Å². The molecule has 0 aliphatic rings. The standard InChI is InChI=1S/C18H17N3O2S/c1-12-7-6-10-15(11-12)23-13(2)16(22)19-18-21-20-17(24-18)14-8-4-3-5-9-14/h3-11,13H,1-2H3,(H,19,21,22)/t13-/m0/s1. The highest BCUT2D eigenvalue weighted by Crippen LogP contribution is 2.26. The molecule has 0 aliphatic heterocycles. The zero-order valence-electron chi connectivity index (χ0n) is 13.4. The van der Waals surface area contributed by atoms with E-state index < -0.39 is 6.10 Å². The minimum absolute atomic E-state index is 0.257. The number of hydrogen-bond acceptors (Lipinski definition) is 5. The SMILES string of the molecule is Cc1cccc(O[C@@H](C)C(=O)Nc2nnc(-c3ccccc3)s2)c1. The molecule has 0 radical (unpaired) electrons. The van der Waals surface area contributed by atoms with E-state index in [1.54, 1.807) is 6.92 Å². The first-order chi connectivity index (χ1) is 11.6. The first-order valence-electron chi connectivity index (χ1n) is 7.55. The van der Waals surface area contributed by atoms with E-state index in [0.717, 1.165) is 16.1 Å². The number of ether oxygens (including phenoxy) is 1. The van der Waals surface area contributed by atoms with E-state index in [-0.39, 0.29) is 5.91 Å². The lowest BCUT2D eigenvalue weighted by Crippen LogP contribution is -2.30. The Balaban J connectivity index is 1.63. The molecule has 5 nitrogen and oxygen atoms in total. The van der Waals surface area contributed by atoms with Crippen LogP contribution in [0.1, 0.15) is 12.5 Å². The van der Waals surface area contributed by atoms with Crippen molar-refractivity contribution in [3.05, 3.63) is 60.2 Å². The van der Waals surface area contributed by atoms with Crippen LogP contribution in [0.4, 0.5) is 5.13 Å². The summed E-state index contributed by atoms with van der Waals surface area (Å²) in [6.07, 6.45) is -0.629. The molecule has 122 valence electrons. The van der Waals surface area contributed by atoms with Gasteiger partial charge in [-0.3, -0.25) is 10.1 Å². The molecule has 0 spiro atoms. The van der Waals surface area contributed by atoms with Crippen molar-refractivity contribution < 1.29 is 9.53 Å². The van der Waals surface area contributed by atoms with Gasteiger partial charge in [-0.25, -0.2) is 0 Å². The number of amides is 1. The highest BCUT2D eigenvalue weighted by molar-refractivity contribution is 7.18. The number of hydrogen-bond donors (Lipinski definition) is 1. The molecular weight excluding hydrogens is 322 g/mol. The molecule has 2 aromatic carbocycles. The highest BCUT2D eigenvalue weighted by atomic mass is 32.1. The third-order valence-electron chi connectivity index (χ3n) is 3.35. The first kappa shape index (κ1) is 16.1. The van der Waals surface area contributed by atoms with Crippen LogP contribution in [0.5, 0.6) is 5.75 Å². The Morgan fingerprint density at radius 3 is 2.67 bits per heavy atom. The van der Waals surface area contributed by atoms with Crippen LogP contribution in [0, 0.1) is 6.92 Å². The predicted octanol–water partition coefficient (Wildman–Crippen LogP) is 3.92. The molecule has 1 amide bonds. The maximum atomic E-state index is 12.3. The van der Waals surface area contributed by atoms with Crippen LogP contribution in [-0.4, -0.2) is 22.2 Å². The second-order valence-electron chi connectivity index (χ2n) is 5.34. The Hall–Kier alpha value is -2.73. The van der Waals surface area contributed by atoms with Gasteiger partial charge in [0, 0.05) is 5.56 Å². The molecule has 1 N–H and O–H groups in total. The molecule has 6 heteroatoms. The van der Waals surface area contributed by atoms with Crippen molar-refractivity contribution in [1.29, 1.82) is 0 Å². The monoisotopic (exact) mass is 339 g/mol. The number of nitrogens with one attached hydrogen (secondary N) is 1. The van der Waals surface area contributed by atoms with Gasteiger partial charge in [0.05, 0.1) is 0 Å². The van der Waals surface area contributed by atoms with Gasteiger partial charge in [-0.1, -0.05) is 53.8 Å². The topological polar surface area (TPSA) is 64.1 Å².